The van der Waals surface area contributed by atoms with Gasteiger partial charge < -0.3 is 19.5 Å². The molecule has 1 fully saturated rings. The first-order valence-corrected chi connectivity index (χ1v) is 10.6. The van der Waals surface area contributed by atoms with E-state index >= 15 is 0 Å². The maximum Gasteiger partial charge on any atom is 0.295 e. The molecular formula is C24H26ClNO5. The summed E-state index contributed by atoms with van der Waals surface area (Å²) >= 11 is 5.95. The fourth-order valence-corrected chi connectivity index (χ4v) is 3.67. The second-order valence-corrected chi connectivity index (χ2v) is 7.86. The van der Waals surface area contributed by atoms with E-state index < -0.39 is 17.7 Å². The average Bonchev–Trinajstić information content (AvgIpc) is 2.99. The van der Waals surface area contributed by atoms with Crippen LogP contribution in [0.15, 0.2) is 54.1 Å². The zero-order valence-electron chi connectivity index (χ0n) is 17.8. The standard InChI is InChI=1S/C24H26ClNO5/c1-4-30-19-7-5-6-17(14-19)21-20(22(27)16-8-10-18(25)11-9-16)23(28)24(29)26(21)12-13-31-15(2)3/h5-11,14-15,21,27H,4,12-13H2,1-3H3/b22-20-. The molecule has 1 saturated heterocycles. The Hall–Kier alpha value is -2.83. The zero-order chi connectivity index (χ0) is 22.5. The van der Waals surface area contributed by atoms with Gasteiger partial charge in [0.25, 0.3) is 11.7 Å². The summed E-state index contributed by atoms with van der Waals surface area (Å²) in [6.45, 7) is 6.64. The summed E-state index contributed by atoms with van der Waals surface area (Å²) in [5.74, 6) is -1.02. The fourth-order valence-electron chi connectivity index (χ4n) is 3.55. The summed E-state index contributed by atoms with van der Waals surface area (Å²) in [6.07, 6.45) is -0.00868. The van der Waals surface area contributed by atoms with Gasteiger partial charge in [-0.05, 0) is 62.7 Å². The van der Waals surface area contributed by atoms with E-state index in [0.717, 1.165) is 0 Å². The highest BCUT2D eigenvalue weighted by molar-refractivity contribution is 6.46. The summed E-state index contributed by atoms with van der Waals surface area (Å²) < 4.78 is 11.2. The lowest BCUT2D eigenvalue weighted by Crippen LogP contribution is -2.33. The Morgan fingerprint density at radius 2 is 1.87 bits per heavy atom. The van der Waals surface area contributed by atoms with Crippen LogP contribution in [0.2, 0.25) is 5.02 Å². The highest BCUT2D eigenvalue weighted by Gasteiger charge is 2.46. The first-order valence-electron chi connectivity index (χ1n) is 10.2. The molecule has 0 aromatic heterocycles. The van der Waals surface area contributed by atoms with E-state index in [9.17, 15) is 14.7 Å². The number of aliphatic hydroxyl groups excluding tert-OH is 1. The molecule has 1 N–H and O–H groups in total. The number of likely N-dealkylation sites (tertiary alicyclic amines) is 1. The van der Waals surface area contributed by atoms with Gasteiger partial charge in [-0.1, -0.05) is 23.7 Å². The van der Waals surface area contributed by atoms with Crippen LogP contribution in [0.4, 0.5) is 0 Å². The number of hydrogen-bond acceptors (Lipinski definition) is 5. The van der Waals surface area contributed by atoms with Crippen molar-refractivity contribution in [1.82, 2.24) is 4.90 Å². The lowest BCUT2D eigenvalue weighted by atomic mass is 9.95. The smallest absolute Gasteiger partial charge is 0.295 e. The minimum absolute atomic E-state index is 0.00868. The molecule has 164 valence electrons. The Morgan fingerprint density at radius 1 is 1.16 bits per heavy atom. The van der Waals surface area contributed by atoms with Gasteiger partial charge in [0.2, 0.25) is 0 Å². The van der Waals surface area contributed by atoms with Gasteiger partial charge in [-0.3, -0.25) is 9.59 Å². The first-order chi connectivity index (χ1) is 14.8. The molecule has 2 aromatic carbocycles. The van der Waals surface area contributed by atoms with Crippen molar-refractivity contribution in [3.8, 4) is 5.75 Å². The topological polar surface area (TPSA) is 76.1 Å². The molecule has 0 spiro atoms. The van der Waals surface area contributed by atoms with Crippen molar-refractivity contribution in [2.45, 2.75) is 32.9 Å². The largest absolute Gasteiger partial charge is 0.507 e. The van der Waals surface area contributed by atoms with Crippen LogP contribution >= 0.6 is 11.6 Å². The first kappa shape index (κ1) is 22.8. The Bertz CT molecular complexity index is 984. The minimum atomic E-state index is -0.758. The molecule has 2 aromatic rings. The van der Waals surface area contributed by atoms with Gasteiger partial charge in [0.1, 0.15) is 11.5 Å². The van der Waals surface area contributed by atoms with Gasteiger partial charge in [-0.2, -0.15) is 0 Å². The van der Waals surface area contributed by atoms with E-state index in [1.807, 2.05) is 26.8 Å². The Morgan fingerprint density at radius 3 is 2.52 bits per heavy atom. The van der Waals surface area contributed by atoms with Crippen LogP contribution in [0, 0.1) is 0 Å². The number of carbonyl (C=O) groups is 2. The number of ether oxygens (including phenoxy) is 2. The van der Waals surface area contributed by atoms with E-state index in [-0.39, 0.29) is 30.6 Å². The molecule has 0 saturated carbocycles. The molecule has 0 radical (unpaired) electrons. The Kier molecular flexibility index (Phi) is 7.36. The van der Waals surface area contributed by atoms with Crippen molar-refractivity contribution in [2.75, 3.05) is 19.8 Å². The number of rotatable bonds is 8. The number of hydrogen-bond donors (Lipinski definition) is 1. The summed E-state index contributed by atoms with van der Waals surface area (Å²) in [5, 5.41) is 11.5. The number of aliphatic hydroxyl groups is 1. The number of nitrogens with zero attached hydrogens (tertiary/aromatic N) is 1. The number of amides is 1. The number of ketones is 1. The molecule has 1 heterocycles. The molecule has 3 rings (SSSR count). The summed E-state index contributed by atoms with van der Waals surface area (Å²) in [7, 11) is 0. The van der Waals surface area contributed by atoms with Gasteiger partial charge in [-0.25, -0.2) is 0 Å². The fraction of sp³-hybridized carbons (Fsp3) is 0.333. The summed E-state index contributed by atoms with van der Waals surface area (Å²) in [4.78, 5) is 27.3. The SMILES string of the molecule is CCOc1cccc(C2/C(=C(/O)c3ccc(Cl)cc3)C(=O)C(=O)N2CCOC(C)C)c1. The molecule has 6 nitrogen and oxygen atoms in total. The molecule has 31 heavy (non-hydrogen) atoms. The van der Waals surface area contributed by atoms with Crippen molar-refractivity contribution in [1.29, 1.82) is 0 Å². The molecular weight excluding hydrogens is 418 g/mol. The molecule has 1 unspecified atom stereocenters. The Labute approximate surface area is 187 Å². The van der Waals surface area contributed by atoms with Crippen molar-refractivity contribution < 1.29 is 24.2 Å². The summed E-state index contributed by atoms with van der Waals surface area (Å²) in [5.41, 5.74) is 1.11. The van der Waals surface area contributed by atoms with E-state index in [1.165, 1.54) is 4.90 Å². The van der Waals surface area contributed by atoms with Crippen LogP contribution in [0.25, 0.3) is 5.76 Å². The van der Waals surface area contributed by atoms with Gasteiger partial charge in [-0.15, -0.1) is 0 Å². The third kappa shape index (κ3) is 5.09. The molecule has 7 heteroatoms. The van der Waals surface area contributed by atoms with Crippen molar-refractivity contribution in [3.05, 3.63) is 70.3 Å². The lowest BCUT2D eigenvalue weighted by Gasteiger charge is -2.26. The van der Waals surface area contributed by atoms with Crippen molar-refractivity contribution >= 4 is 29.1 Å². The monoisotopic (exact) mass is 443 g/mol. The van der Waals surface area contributed by atoms with Crippen molar-refractivity contribution in [2.24, 2.45) is 0 Å². The van der Waals surface area contributed by atoms with Crippen LogP contribution in [0.3, 0.4) is 0 Å². The normalized spacial score (nSPS) is 18.1. The Balaban J connectivity index is 2.09. The molecule has 1 atom stereocenters. The van der Waals surface area contributed by atoms with Crippen molar-refractivity contribution in [3.63, 3.8) is 0 Å². The van der Waals surface area contributed by atoms with Crippen LogP contribution in [-0.4, -0.2) is 47.6 Å². The van der Waals surface area contributed by atoms with Crippen LogP contribution in [0.5, 0.6) is 5.75 Å². The predicted octanol–water partition coefficient (Wildman–Crippen LogP) is 4.59. The number of Topliss-reactive ketones (excluding diaryl/α,β-unsaturated/α-hetero) is 1. The van der Waals surface area contributed by atoms with E-state index in [2.05, 4.69) is 0 Å². The third-order valence-electron chi connectivity index (χ3n) is 4.93. The summed E-state index contributed by atoms with van der Waals surface area (Å²) in [6, 6.07) is 12.9. The van der Waals surface area contributed by atoms with Crippen LogP contribution in [-0.2, 0) is 14.3 Å². The van der Waals surface area contributed by atoms with Crippen LogP contribution in [0.1, 0.15) is 37.9 Å². The number of halogens is 1. The second kappa shape index (κ2) is 9.98. The van der Waals surface area contributed by atoms with Gasteiger partial charge in [0.05, 0.1) is 30.9 Å². The minimum Gasteiger partial charge on any atom is -0.507 e. The number of benzene rings is 2. The predicted molar refractivity (Wildman–Crippen MR) is 119 cm³/mol. The highest BCUT2D eigenvalue weighted by atomic mass is 35.5. The quantitative estimate of drug-likeness (QED) is 0.367. The van der Waals surface area contributed by atoms with E-state index in [1.54, 1.807) is 42.5 Å². The zero-order valence-corrected chi connectivity index (χ0v) is 18.6. The van der Waals surface area contributed by atoms with Gasteiger partial charge in [0, 0.05) is 17.1 Å². The lowest BCUT2D eigenvalue weighted by molar-refractivity contribution is -0.140. The molecule has 0 bridgehead atoms. The average molecular weight is 444 g/mol. The van der Waals surface area contributed by atoms with Crippen LogP contribution < -0.4 is 4.74 Å². The maximum absolute atomic E-state index is 13.0. The van der Waals surface area contributed by atoms with Gasteiger partial charge in [0.15, 0.2) is 0 Å². The maximum atomic E-state index is 13.0. The highest BCUT2D eigenvalue weighted by Crippen LogP contribution is 2.40. The van der Waals surface area contributed by atoms with E-state index in [0.29, 0.717) is 28.5 Å². The van der Waals surface area contributed by atoms with Gasteiger partial charge >= 0.3 is 0 Å². The molecule has 0 aliphatic carbocycles. The molecule has 1 aliphatic rings. The second-order valence-electron chi connectivity index (χ2n) is 7.42. The van der Waals surface area contributed by atoms with E-state index in [4.69, 9.17) is 21.1 Å². The third-order valence-corrected chi connectivity index (χ3v) is 5.18. The number of carbonyl (C=O) groups excluding carboxylic acids is 2. The molecule has 1 aliphatic heterocycles. The molecule has 1 amide bonds.